The lowest BCUT2D eigenvalue weighted by Gasteiger charge is -2.21. The van der Waals surface area contributed by atoms with Gasteiger partial charge in [-0.15, -0.1) is 24.8 Å². The van der Waals surface area contributed by atoms with Crippen molar-refractivity contribution in [1.29, 1.82) is 0 Å². The summed E-state index contributed by atoms with van der Waals surface area (Å²) in [5.74, 6) is 0. The van der Waals surface area contributed by atoms with Gasteiger partial charge in [-0.2, -0.15) is 0 Å². The Labute approximate surface area is 178 Å². The highest BCUT2D eigenvalue weighted by atomic mass is 35.5. The van der Waals surface area contributed by atoms with Crippen LogP contribution in [0.2, 0.25) is 0 Å². The molecule has 4 aromatic rings. The van der Waals surface area contributed by atoms with Crippen LogP contribution < -0.4 is 11.1 Å². The van der Waals surface area contributed by atoms with E-state index in [1.807, 2.05) is 26.0 Å². The van der Waals surface area contributed by atoms with Crippen molar-refractivity contribution in [2.24, 2.45) is 5.73 Å². The third kappa shape index (κ3) is 4.74. The Bertz CT molecular complexity index is 1090. The van der Waals surface area contributed by atoms with Crippen LogP contribution in [0.5, 0.6) is 0 Å². The number of hydrogen-bond donors (Lipinski definition) is 2. The highest BCUT2D eigenvalue weighted by molar-refractivity contribution is 5.95. The second kappa shape index (κ2) is 8.78. The largest absolute Gasteiger partial charge is 0.383 e. The first-order chi connectivity index (χ1) is 12.5. The van der Waals surface area contributed by atoms with E-state index in [1.165, 1.54) is 10.8 Å². The predicted octanol–water partition coefficient (Wildman–Crippen LogP) is 6.05. The molecule has 0 aliphatic carbocycles. The molecule has 3 N–H and O–H groups in total. The Morgan fingerprint density at radius 1 is 0.857 bits per heavy atom. The summed E-state index contributed by atoms with van der Waals surface area (Å²) in [7, 11) is 0. The molecule has 0 fully saturated rings. The molecule has 0 saturated carbocycles. The lowest BCUT2D eigenvalue weighted by atomic mass is 10.0. The number of nitrogens with zero attached hydrogens (tertiary/aromatic N) is 1. The zero-order valence-electron chi connectivity index (χ0n) is 16.0. The average Bonchev–Trinajstić information content (AvgIpc) is 2.65. The monoisotopic (exact) mass is 413 g/mol. The molecule has 28 heavy (non-hydrogen) atoms. The molecule has 0 amide bonds. The third-order valence-corrected chi connectivity index (χ3v) is 4.50. The molecule has 5 heteroatoms. The lowest BCUT2D eigenvalue weighted by molar-refractivity contribution is 0.549. The van der Waals surface area contributed by atoms with Crippen LogP contribution in [0.1, 0.15) is 13.8 Å². The normalized spacial score (nSPS) is 11.0. The van der Waals surface area contributed by atoms with Gasteiger partial charge in [-0.3, -0.25) is 0 Å². The van der Waals surface area contributed by atoms with Crippen LogP contribution in [0.4, 0.5) is 5.69 Å². The van der Waals surface area contributed by atoms with Gasteiger partial charge in [-0.05, 0) is 42.8 Å². The zero-order chi connectivity index (χ0) is 18.1. The number of para-hydroxylation sites is 1. The lowest BCUT2D eigenvalue weighted by Crippen LogP contribution is -2.39. The maximum Gasteiger partial charge on any atom is 0.0730 e. The van der Waals surface area contributed by atoms with Gasteiger partial charge >= 0.3 is 0 Å². The summed E-state index contributed by atoms with van der Waals surface area (Å²) >= 11 is 0. The summed E-state index contributed by atoms with van der Waals surface area (Å²) in [6.45, 7) is 4.74. The fourth-order valence-electron chi connectivity index (χ4n) is 3.14. The van der Waals surface area contributed by atoms with Gasteiger partial charge in [0.05, 0.1) is 11.2 Å². The third-order valence-electron chi connectivity index (χ3n) is 4.50. The smallest absolute Gasteiger partial charge is 0.0730 e. The minimum Gasteiger partial charge on any atom is -0.383 e. The molecule has 146 valence electrons. The van der Waals surface area contributed by atoms with Crippen LogP contribution in [-0.4, -0.2) is 17.1 Å². The first-order valence-electron chi connectivity index (χ1n) is 8.91. The number of anilines is 1. The van der Waals surface area contributed by atoms with E-state index in [1.54, 1.807) is 0 Å². The molecular formula is C23H25Cl2N3. The molecule has 4 rings (SSSR count). The summed E-state index contributed by atoms with van der Waals surface area (Å²) in [6, 6.07) is 25.2. The Hall–Kier alpha value is -2.33. The van der Waals surface area contributed by atoms with Gasteiger partial charge in [0.25, 0.3) is 0 Å². The van der Waals surface area contributed by atoms with E-state index in [0.717, 1.165) is 27.8 Å². The maximum absolute atomic E-state index is 6.16. The number of aromatic nitrogens is 1. The number of halogens is 2. The molecule has 3 aromatic carbocycles. The van der Waals surface area contributed by atoms with Crippen molar-refractivity contribution >= 4 is 52.2 Å². The van der Waals surface area contributed by atoms with Gasteiger partial charge in [0.1, 0.15) is 0 Å². The fourth-order valence-corrected chi connectivity index (χ4v) is 3.14. The van der Waals surface area contributed by atoms with Crippen molar-refractivity contribution in [1.82, 2.24) is 4.98 Å². The molecule has 0 radical (unpaired) electrons. The summed E-state index contributed by atoms with van der Waals surface area (Å²) in [5, 5.41) is 7.08. The van der Waals surface area contributed by atoms with E-state index < -0.39 is 0 Å². The van der Waals surface area contributed by atoms with Crippen molar-refractivity contribution in [2.75, 3.05) is 11.9 Å². The SMILES string of the molecule is CC(C)(N)CNc1cc(-c2ccc3ccccc3c2)nc2ccccc12.Cl.Cl. The Balaban J connectivity index is 0.00000140. The number of fused-ring (bicyclic) bond motifs is 2. The molecule has 0 spiro atoms. The van der Waals surface area contributed by atoms with Gasteiger partial charge in [0.15, 0.2) is 0 Å². The maximum atomic E-state index is 6.16. The van der Waals surface area contributed by atoms with E-state index >= 15 is 0 Å². The Morgan fingerprint density at radius 2 is 1.54 bits per heavy atom. The molecule has 0 aliphatic rings. The van der Waals surface area contributed by atoms with E-state index in [-0.39, 0.29) is 30.4 Å². The molecule has 0 atom stereocenters. The number of hydrogen-bond acceptors (Lipinski definition) is 3. The van der Waals surface area contributed by atoms with Gasteiger partial charge in [0.2, 0.25) is 0 Å². The second-order valence-corrected chi connectivity index (χ2v) is 7.48. The topological polar surface area (TPSA) is 50.9 Å². The van der Waals surface area contributed by atoms with Crippen molar-refractivity contribution < 1.29 is 0 Å². The predicted molar refractivity (Wildman–Crippen MR) is 126 cm³/mol. The number of benzene rings is 3. The summed E-state index contributed by atoms with van der Waals surface area (Å²) in [5.41, 5.74) is 10.0. The quantitative estimate of drug-likeness (QED) is 0.428. The minimum absolute atomic E-state index is 0. The number of nitrogens with one attached hydrogen (secondary N) is 1. The number of nitrogens with two attached hydrogens (primary N) is 1. The van der Waals surface area contributed by atoms with Crippen molar-refractivity contribution in [3.05, 3.63) is 72.8 Å². The molecule has 0 saturated heterocycles. The van der Waals surface area contributed by atoms with Crippen molar-refractivity contribution in [3.63, 3.8) is 0 Å². The van der Waals surface area contributed by atoms with Crippen LogP contribution in [-0.2, 0) is 0 Å². The molecule has 0 aliphatic heterocycles. The van der Waals surface area contributed by atoms with Crippen LogP contribution >= 0.6 is 24.8 Å². The van der Waals surface area contributed by atoms with Gasteiger partial charge < -0.3 is 11.1 Å². The van der Waals surface area contributed by atoms with Gasteiger partial charge in [-0.1, -0.05) is 54.6 Å². The number of rotatable bonds is 4. The molecule has 1 aromatic heterocycles. The van der Waals surface area contributed by atoms with Crippen molar-refractivity contribution in [3.8, 4) is 11.3 Å². The zero-order valence-corrected chi connectivity index (χ0v) is 17.6. The highest BCUT2D eigenvalue weighted by Crippen LogP contribution is 2.30. The highest BCUT2D eigenvalue weighted by Gasteiger charge is 2.13. The number of pyridine rings is 1. The van der Waals surface area contributed by atoms with Crippen LogP contribution in [0.3, 0.4) is 0 Å². The Morgan fingerprint density at radius 3 is 2.29 bits per heavy atom. The molecule has 1 heterocycles. The average molecular weight is 414 g/mol. The molecule has 0 unspecified atom stereocenters. The molecule has 3 nitrogen and oxygen atoms in total. The minimum atomic E-state index is -0.284. The van der Waals surface area contributed by atoms with Crippen LogP contribution in [0.25, 0.3) is 32.9 Å². The standard InChI is InChI=1S/C23H23N3.2ClH/c1-23(2,24)15-25-22-14-21(26-20-10-6-5-9-19(20)22)18-12-11-16-7-3-4-8-17(16)13-18;;/h3-14H,15,24H2,1-2H3,(H,25,26);2*1H. The first-order valence-corrected chi connectivity index (χ1v) is 8.91. The summed E-state index contributed by atoms with van der Waals surface area (Å²) in [4.78, 5) is 4.89. The van der Waals surface area contributed by atoms with Crippen LogP contribution in [0.15, 0.2) is 72.8 Å². The van der Waals surface area contributed by atoms with E-state index in [0.29, 0.717) is 6.54 Å². The molecule has 0 bridgehead atoms. The first kappa shape index (κ1) is 22.0. The van der Waals surface area contributed by atoms with Gasteiger partial charge in [-0.25, -0.2) is 4.98 Å². The van der Waals surface area contributed by atoms with Gasteiger partial charge in [0, 0.05) is 28.7 Å². The van der Waals surface area contributed by atoms with Crippen molar-refractivity contribution in [2.45, 2.75) is 19.4 Å². The van der Waals surface area contributed by atoms with Crippen LogP contribution in [0, 0.1) is 0 Å². The fraction of sp³-hybridized carbons (Fsp3) is 0.174. The molecular weight excluding hydrogens is 389 g/mol. The van der Waals surface area contributed by atoms with E-state index in [4.69, 9.17) is 10.7 Å². The van der Waals surface area contributed by atoms with E-state index in [9.17, 15) is 0 Å². The second-order valence-electron chi connectivity index (χ2n) is 7.48. The summed E-state index contributed by atoms with van der Waals surface area (Å²) in [6.07, 6.45) is 0. The summed E-state index contributed by atoms with van der Waals surface area (Å²) < 4.78 is 0. The van der Waals surface area contributed by atoms with E-state index in [2.05, 4.69) is 66.0 Å². The Kier molecular flexibility index (Phi) is 6.89.